The van der Waals surface area contributed by atoms with Gasteiger partial charge in [0.05, 0.1) is 23.6 Å². The molecule has 1 aromatic carbocycles. The second kappa shape index (κ2) is 9.02. The molecule has 7 heteroatoms. The van der Waals surface area contributed by atoms with Crippen LogP contribution in [-0.4, -0.2) is 45.2 Å². The maximum atomic E-state index is 13.3. The number of rotatable bonds is 5. The fourth-order valence-corrected chi connectivity index (χ4v) is 4.57. The summed E-state index contributed by atoms with van der Waals surface area (Å²) in [5.74, 6) is 1.18. The van der Waals surface area contributed by atoms with E-state index in [4.69, 9.17) is 4.42 Å². The number of hydrogen-bond donors (Lipinski definition) is 1. The minimum atomic E-state index is -0.497. The summed E-state index contributed by atoms with van der Waals surface area (Å²) in [6.45, 7) is 3.06. The lowest BCUT2D eigenvalue weighted by Crippen LogP contribution is -2.40. The normalized spacial score (nSPS) is 15.9. The molecular weight excluding hydrogens is 398 g/mol. The molecule has 0 radical (unpaired) electrons. The quantitative estimate of drug-likeness (QED) is 0.485. The highest BCUT2D eigenvalue weighted by atomic mass is 32.2. The van der Waals surface area contributed by atoms with E-state index in [1.54, 1.807) is 12.3 Å². The fourth-order valence-electron chi connectivity index (χ4n) is 3.96. The number of nitrogens with zero attached hydrogens (tertiary/aromatic N) is 3. The molecule has 1 aliphatic heterocycles. The first-order valence-corrected chi connectivity index (χ1v) is 11.3. The molecule has 30 heavy (non-hydrogen) atoms. The fraction of sp³-hybridized carbons (Fsp3) is 0.348. The third-order valence-electron chi connectivity index (χ3n) is 5.62. The summed E-state index contributed by atoms with van der Waals surface area (Å²) in [6, 6.07) is 13.3. The molecule has 0 spiro atoms. The number of hydrogen-bond acceptors (Lipinski definition) is 6. The van der Waals surface area contributed by atoms with Crippen LogP contribution in [0.4, 0.5) is 0 Å². The molecule has 0 bridgehead atoms. The minimum Gasteiger partial charge on any atom is -0.461 e. The van der Waals surface area contributed by atoms with Crippen molar-refractivity contribution in [2.24, 2.45) is 5.92 Å². The smallest absolute Gasteiger partial charge is 0.258 e. The Labute approximate surface area is 180 Å². The Bertz CT molecular complexity index is 1000. The molecule has 1 unspecified atom stereocenters. The highest BCUT2D eigenvalue weighted by molar-refractivity contribution is 7.98. The second-order valence-electron chi connectivity index (χ2n) is 7.48. The van der Waals surface area contributed by atoms with Crippen molar-refractivity contribution in [2.45, 2.75) is 30.9 Å². The standard InChI is InChI=1S/C23H25N3O3S/c1-15-19(22(30-2)25-21(24-15)18-9-6-14-29-18)23(28)26-12-10-17(11-13-26)20(27)16-7-4-3-5-8-16/h3-9,14,17,20,27H,10-13H2,1-2H3. The van der Waals surface area contributed by atoms with Gasteiger partial charge in [-0.25, -0.2) is 9.97 Å². The van der Waals surface area contributed by atoms with Gasteiger partial charge in [0.1, 0.15) is 5.03 Å². The van der Waals surface area contributed by atoms with Gasteiger partial charge in [0.25, 0.3) is 5.91 Å². The van der Waals surface area contributed by atoms with E-state index in [0.29, 0.717) is 41.0 Å². The molecule has 3 aromatic rings. The molecule has 2 aromatic heterocycles. The maximum Gasteiger partial charge on any atom is 0.258 e. The van der Waals surface area contributed by atoms with Crippen molar-refractivity contribution in [1.29, 1.82) is 0 Å². The highest BCUT2D eigenvalue weighted by Crippen LogP contribution is 2.32. The van der Waals surface area contributed by atoms with Gasteiger partial charge in [-0.15, -0.1) is 11.8 Å². The third-order valence-corrected chi connectivity index (χ3v) is 6.30. The summed E-state index contributed by atoms with van der Waals surface area (Å²) < 4.78 is 5.41. The van der Waals surface area contributed by atoms with Gasteiger partial charge in [-0.05, 0) is 49.6 Å². The van der Waals surface area contributed by atoms with Crippen LogP contribution in [0.15, 0.2) is 58.2 Å². The molecular formula is C23H25N3O3S. The summed E-state index contributed by atoms with van der Waals surface area (Å²) in [4.78, 5) is 24.2. The van der Waals surface area contributed by atoms with E-state index in [-0.39, 0.29) is 11.8 Å². The number of aliphatic hydroxyl groups excluding tert-OH is 1. The molecule has 1 aliphatic rings. The Hall–Kier alpha value is -2.64. The van der Waals surface area contributed by atoms with Crippen molar-refractivity contribution in [3.63, 3.8) is 0 Å². The Morgan fingerprint density at radius 2 is 1.90 bits per heavy atom. The van der Waals surface area contributed by atoms with Crippen LogP contribution < -0.4 is 0 Å². The lowest BCUT2D eigenvalue weighted by Gasteiger charge is -2.34. The zero-order valence-corrected chi connectivity index (χ0v) is 17.9. The highest BCUT2D eigenvalue weighted by Gasteiger charge is 2.31. The number of aryl methyl sites for hydroxylation is 1. The Morgan fingerprint density at radius 3 is 2.53 bits per heavy atom. The molecule has 1 N–H and O–H groups in total. The average molecular weight is 424 g/mol. The molecule has 1 amide bonds. The van der Waals surface area contributed by atoms with Gasteiger partial charge in [0.2, 0.25) is 0 Å². The zero-order valence-electron chi connectivity index (χ0n) is 17.1. The van der Waals surface area contributed by atoms with Crippen LogP contribution in [0.25, 0.3) is 11.6 Å². The molecule has 1 fully saturated rings. The van der Waals surface area contributed by atoms with Crippen molar-refractivity contribution >= 4 is 17.7 Å². The van der Waals surface area contributed by atoms with E-state index in [1.165, 1.54) is 11.8 Å². The number of carbonyl (C=O) groups excluding carboxylic acids is 1. The van der Waals surface area contributed by atoms with Crippen molar-refractivity contribution in [2.75, 3.05) is 19.3 Å². The van der Waals surface area contributed by atoms with Crippen LogP contribution in [0.1, 0.15) is 40.6 Å². The van der Waals surface area contributed by atoms with Gasteiger partial charge in [-0.2, -0.15) is 0 Å². The van der Waals surface area contributed by atoms with Gasteiger partial charge >= 0.3 is 0 Å². The number of benzene rings is 1. The summed E-state index contributed by atoms with van der Waals surface area (Å²) in [7, 11) is 0. The van der Waals surface area contributed by atoms with E-state index in [1.807, 2.05) is 54.5 Å². The second-order valence-corrected chi connectivity index (χ2v) is 8.27. The van der Waals surface area contributed by atoms with E-state index < -0.39 is 6.10 Å². The first-order chi connectivity index (χ1) is 14.6. The summed E-state index contributed by atoms with van der Waals surface area (Å²) in [5.41, 5.74) is 2.14. The number of aliphatic hydroxyl groups is 1. The van der Waals surface area contributed by atoms with Crippen LogP contribution in [0.5, 0.6) is 0 Å². The van der Waals surface area contributed by atoms with E-state index >= 15 is 0 Å². The molecule has 1 saturated heterocycles. The Balaban J connectivity index is 1.49. The van der Waals surface area contributed by atoms with E-state index in [2.05, 4.69) is 9.97 Å². The molecule has 3 heterocycles. The van der Waals surface area contributed by atoms with Crippen molar-refractivity contribution < 1.29 is 14.3 Å². The number of likely N-dealkylation sites (tertiary alicyclic amines) is 1. The number of carbonyl (C=O) groups is 1. The first kappa shape index (κ1) is 20.6. The maximum absolute atomic E-state index is 13.3. The predicted octanol–water partition coefficient (Wildman–Crippen LogP) is 4.35. The lowest BCUT2D eigenvalue weighted by atomic mass is 9.87. The first-order valence-electron chi connectivity index (χ1n) is 10.1. The van der Waals surface area contributed by atoms with E-state index in [9.17, 15) is 9.90 Å². The van der Waals surface area contributed by atoms with E-state index in [0.717, 1.165) is 18.4 Å². The molecule has 6 nitrogen and oxygen atoms in total. The lowest BCUT2D eigenvalue weighted by molar-refractivity contribution is 0.0458. The molecule has 1 atom stereocenters. The van der Waals surface area contributed by atoms with Crippen LogP contribution in [0, 0.1) is 12.8 Å². The van der Waals surface area contributed by atoms with Gasteiger partial charge in [0.15, 0.2) is 11.6 Å². The summed E-state index contributed by atoms with van der Waals surface area (Å²) in [5, 5.41) is 11.4. The van der Waals surface area contributed by atoms with Crippen LogP contribution in [-0.2, 0) is 0 Å². The van der Waals surface area contributed by atoms with Crippen LogP contribution in [0.2, 0.25) is 0 Å². The third kappa shape index (κ3) is 4.13. The summed E-state index contributed by atoms with van der Waals surface area (Å²) >= 11 is 1.44. The minimum absolute atomic E-state index is 0.0458. The van der Waals surface area contributed by atoms with Crippen molar-refractivity contribution in [3.8, 4) is 11.6 Å². The SMILES string of the molecule is CSc1nc(-c2ccco2)nc(C)c1C(=O)N1CCC(C(O)c2ccccc2)CC1. The zero-order chi connectivity index (χ0) is 21.1. The predicted molar refractivity (Wildman–Crippen MR) is 116 cm³/mol. The molecule has 156 valence electrons. The number of thioether (sulfide) groups is 1. The number of amides is 1. The topological polar surface area (TPSA) is 79.5 Å². The largest absolute Gasteiger partial charge is 0.461 e. The van der Waals surface area contributed by atoms with Crippen molar-refractivity contribution in [3.05, 3.63) is 65.5 Å². The van der Waals surface area contributed by atoms with Gasteiger partial charge in [-0.3, -0.25) is 4.79 Å². The molecule has 0 saturated carbocycles. The Kier molecular flexibility index (Phi) is 6.20. The number of aromatic nitrogens is 2. The van der Waals surface area contributed by atoms with Gasteiger partial charge in [0, 0.05) is 13.1 Å². The molecule has 0 aliphatic carbocycles. The Morgan fingerprint density at radius 1 is 1.17 bits per heavy atom. The van der Waals surface area contributed by atoms with Gasteiger partial charge < -0.3 is 14.4 Å². The van der Waals surface area contributed by atoms with Crippen LogP contribution in [0.3, 0.4) is 0 Å². The average Bonchev–Trinajstić information content (AvgIpc) is 3.33. The van der Waals surface area contributed by atoms with Crippen molar-refractivity contribution in [1.82, 2.24) is 14.9 Å². The number of piperidine rings is 1. The number of furan rings is 1. The van der Waals surface area contributed by atoms with Gasteiger partial charge in [-0.1, -0.05) is 30.3 Å². The molecule has 4 rings (SSSR count). The monoisotopic (exact) mass is 423 g/mol. The van der Waals surface area contributed by atoms with Crippen LogP contribution >= 0.6 is 11.8 Å². The summed E-state index contributed by atoms with van der Waals surface area (Å²) in [6.07, 6.45) is 4.52.